The van der Waals surface area contributed by atoms with Crippen LogP contribution in [-0.4, -0.2) is 28.2 Å². The van der Waals surface area contributed by atoms with E-state index in [0.717, 1.165) is 5.82 Å². The van der Waals surface area contributed by atoms with Gasteiger partial charge in [-0.05, 0) is 18.2 Å². The number of hydrogen-bond donors (Lipinski definition) is 0. The van der Waals surface area contributed by atoms with Crippen molar-refractivity contribution < 1.29 is 13.5 Å². The Bertz CT molecular complexity index is 948. The molecule has 1 aromatic carbocycles. The SMILES string of the molecule is CN(Cc1nccn1C)c1c(C#N)cnc2ccc(OC(F)F)cc12. The second kappa shape index (κ2) is 6.73. The average Bonchev–Trinajstić information content (AvgIpc) is 2.97. The zero-order valence-corrected chi connectivity index (χ0v) is 13.6. The lowest BCUT2D eigenvalue weighted by Gasteiger charge is -2.22. The van der Waals surface area contributed by atoms with E-state index in [1.807, 2.05) is 29.8 Å². The second-order valence-corrected chi connectivity index (χ2v) is 5.50. The predicted molar refractivity (Wildman–Crippen MR) is 88.4 cm³/mol. The highest BCUT2D eigenvalue weighted by Crippen LogP contribution is 2.32. The van der Waals surface area contributed by atoms with Crippen LogP contribution in [-0.2, 0) is 13.6 Å². The lowest BCUT2D eigenvalue weighted by Crippen LogP contribution is -2.20. The normalized spacial score (nSPS) is 10.9. The fourth-order valence-corrected chi connectivity index (χ4v) is 2.67. The van der Waals surface area contributed by atoms with Crippen LogP contribution >= 0.6 is 0 Å². The van der Waals surface area contributed by atoms with Gasteiger partial charge in [-0.25, -0.2) is 4.98 Å². The number of halogens is 2. The number of pyridine rings is 1. The van der Waals surface area contributed by atoms with Crippen molar-refractivity contribution in [2.24, 2.45) is 7.05 Å². The van der Waals surface area contributed by atoms with Gasteiger partial charge in [0.2, 0.25) is 0 Å². The molecule has 3 aromatic rings. The number of benzene rings is 1. The molecule has 0 bridgehead atoms. The standard InChI is InChI=1S/C17H15F2N5O/c1-23-6-5-21-15(23)10-24(2)16-11(8-20)9-22-14-4-3-12(7-13(14)16)25-17(18)19/h3-7,9,17H,10H2,1-2H3. The molecule has 2 heterocycles. The maximum Gasteiger partial charge on any atom is 0.387 e. The minimum atomic E-state index is -2.92. The third-order valence-electron chi connectivity index (χ3n) is 3.84. The molecule has 0 amide bonds. The minimum absolute atomic E-state index is 0.0195. The molecule has 0 fully saturated rings. The van der Waals surface area contributed by atoms with E-state index in [-0.39, 0.29) is 5.75 Å². The summed E-state index contributed by atoms with van der Waals surface area (Å²) in [6.45, 7) is -2.48. The number of ether oxygens (including phenoxy) is 1. The van der Waals surface area contributed by atoms with Crippen LogP contribution < -0.4 is 9.64 Å². The molecule has 128 valence electrons. The molecule has 3 rings (SSSR count). The Morgan fingerprint density at radius 1 is 1.36 bits per heavy atom. The van der Waals surface area contributed by atoms with Gasteiger partial charge >= 0.3 is 6.61 Å². The highest BCUT2D eigenvalue weighted by molar-refractivity contribution is 5.95. The summed E-state index contributed by atoms with van der Waals surface area (Å²) in [4.78, 5) is 10.3. The predicted octanol–water partition coefficient (Wildman–Crippen LogP) is 3.08. The highest BCUT2D eigenvalue weighted by Gasteiger charge is 2.16. The first-order valence-corrected chi connectivity index (χ1v) is 7.44. The molecule has 0 saturated heterocycles. The first-order valence-electron chi connectivity index (χ1n) is 7.44. The Morgan fingerprint density at radius 3 is 2.80 bits per heavy atom. The minimum Gasteiger partial charge on any atom is -0.435 e. The lowest BCUT2D eigenvalue weighted by molar-refractivity contribution is -0.0497. The van der Waals surface area contributed by atoms with Gasteiger partial charge < -0.3 is 14.2 Å². The Labute approximate surface area is 142 Å². The zero-order chi connectivity index (χ0) is 18.0. The van der Waals surface area contributed by atoms with E-state index in [2.05, 4.69) is 20.8 Å². The van der Waals surface area contributed by atoms with Gasteiger partial charge in [0.15, 0.2) is 0 Å². The third kappa shape index (κ3) is 3.35. The van der Waals surface area contributed by atoms with Gasteiger partial charge in [0.25, 0.3) is 0 Å². The van der Waals surface area contributed by atoms with Crippen LogP contribution in [0.5, 0.6) is 5.75 Å². The smallest absolute Gasteiger partial charge is 0.387 e. The van der Waals surface area contributed by atoms with E-state index in [1.54, 1.807) is 12.3 Å². The van der Waals surface area contributed by atoms with Gasteiger partial charge in [-0.15, -0.1) is 0 Å². The average molecular weight is 343 g/mol. The Hall–Kier alpha value is -3.21. The molecule has 0 aliphatic carbocycles. The molecule has 0 atom stereocenters. The van der Waals surface area contributed by atoms with Gasteiger partial charge in [-0.2, -0.15) is 14.0 Å². The van der Waals surface area contributed by atoms with E-state index in [4.69, 9.17) is 0 Å². The van der Waals surface area contributed by atoms with E-state index >= 15 is 0 Å². The van der Waals surface area contributed by atoms with Crippen LogP contribution in [0.3, 0.4) is 0 Å². The molecule has 0 saturated carbocycles. The lowest BCUT2D eigenvalue weighted by atomic mass is 10.1. The quantitative estimate of drug-likeness (QED) is 0.712. The summed E-state index contributed by atoms with van der Waals surface area (Å²) in [5.74, 6) is 0.822. The Kier molecular flexibility index (Phi) is 4.48. The summed E-state index contributed by atoms with van der Waals surface area (Å²) in [7, 11) is 3.69. The number of aromatic nitrogens is 3. The number of hydrogen-bond acceptors (Lipinski definition) is 5. The molecule has 8 heteroatoms. The molecule has 25 heavy (non-hydrogen) atoms. The summed E-state index contributed by atoms with van der Waals surface area (Å²) in [6.07, 6.45) is 4.99. The number of anilines is 1. The van der Waals surface area contributed by atoms with Crippen LogP contribution in [0.15, 0.2) is 36.8 Å². The molecular formula is C17H15F2N5O. The van der Waals surface area contributed by atoms with Gasteiger partial charge in [0.05, 0.1) is 23.3 Å². The Balaban J connectivity index is 2.10. The molecule has 6 nitrogen and oxygen atoms in total. The van der Waals surface area contributed by atoms with Crippen LogP contribution in [0, 0.1) is 11.3 Å². The van der Waals surface area contributed by atoms with Crippen LogP contribution in [0.25, 0.3) is 10.9 Å². The molecule has 0 aliphatic heterocycles. The maximum absolute atomic E-state index is 12.5. The fourth-order valence-electron chi connectivity index (χ4n) is 2.67. The Morgan fingerprint density at radius 2 is 2.16 bits per heavy atom. The van der Waals surface area contributed by atoms with Crippen LogP contribution in [0.1, 0.15) is 11.4 Å². The summed E-state index contributed by atoms with van der Waals surface area (Å²) in [5, 5.41) is 10.00. The van der Waals surface area contributed by atoms with Crippen molar-refractivity contribution in [1.82, 2.24) is 14.5 Å². The topological polar surface area (TPSA) is 67.0 Å². The summed E-state index contributed by atoms with van der Waals surface area (Å²) < 4.78 is 31.4. The number of nitrogens with zero attached hydrogens (tertiary/aromatic N) is 5. The summed E-state index contributed by atoms with van der Waals surface area (Å²) in [5.41, 5.74) is 1.52. The molecule has 2 aromatic heterocycles. The summed E-state index contributed by atoms with van der Waals surface area (Å²) >= 11 is 0. The monoisotopic (exact) mass is 343 g/mol. The summed E-state index contributed by atoms with van der Waals surface area (Å²) in [6, 6.07) is 6.59. The van der Waals surface area contributed by atoms with Gasteiger partial charge in [0.1, 0.15) is 17.6 Å². The molecule has 0 spiro atoms. The number of alkyl halides is 2. The largest absolute Gasteiger partial charge is 0.435 e. The first kappa shape index (κ1) is 16.6. The van der Waals surface area contributed by atoms with Gasteiger partial charge in [-0.1, -0.05) is 0 Å². The van der Waals surface area contributed by atoms with Crippen molar-refractivity contribution in [2.45, 2.75) is 13.2 Å². The highest BCUT2D eigenvalue weighted by atomic mass is 19.3. The molecule has 0 N–H and O–H groups in total. The number of fused-ring (bicyclic) bond motifs is 1. The van der Waals surface area contributed by atoms with E-state index in [0.29, 0.717) is 28.7 Å². The van der Waals surface area contributed by atoms with Crippen LogP contribution in [0.2, 0.25) is 0 Å². The second-order valence-electron chi connectivity index (χ2n) is 5.50. The third-order valence-corrected chi connectivity index (χ3v) is 3.84. The first-order chi connectivity index (χ1) is 12.0. The maximum atomic E-state index is 12.5. The van der Waals surface area contributed by atoms with Crippen molar-refractivity contribution in [3.63, 3.8) is 0 Å². The van der Waals surface area contributed by atoms with Gasteiger partial charge in [0, 0.05) is 38.1 Å². The zero-order valence-electron chi connectivity index (χ0n) is 13.6. The van der Waals surface area contributed by atoms with Crippen molar-refractivity contribution in [3.05, 3.63) is 48.2 Å². The molecule has 0 unspecified atom stereocenters. The van der Waals surface area contributed by atoms with Crippen molar-refractivity contribution in [1.29, 1.82) is 5.26 Å². The molecule has 0 radical (unpaired) electrons. The van der Waals surface area contributed by atoms with Crippen molar-refractivity contribution in [3.8, 4) is 11.8 Å². The van der Waals surface area contributed by atoms with Crippen molar-refractivity contribution >= 4 is 16.6 Å². The number of nitriles is 1. The van der Waals surface area contributed by atoms with Crippen LogP contribution in [0.4, 0.5) is 14.5 Å². The number of imidazole rings is 1. The van der Waals surface area contributed by atoms with Crippen molar-refractivity contribution in [2.75, 3.05) is 11.9 Å². The van der Waals surface area contributed by atoms with E-state index in [9.17, 15) is 14.0 Å². The van der Waals surface area contributed by atoms with Gasteiger partial charge in [-0.3, -0.25) is 4.98 Å². The molecular weight excluding hydrogens is 328 g/mol. The number of aryl methyl sites for hydroxylation is 1. The van der Waals surface area contributed by atoms with E-state index < -0.39 is 6.61 Å². The fraction of sp³-hybridized carbons (Fsp3) is 0.235. The van der Waals surface area contributed by atoms with E-state index in [1.165, 1.54) is 18.3 Å². The molecule has 0 aliphatic rings. The number of rotatable bonds is 5.